The fourth-order valence-electron chi connectivity index (χ4n) is 2.45. The predicted octanol–water partition coefficient (Wildman–Crippen LogP) is 2.36. The standard InChI is InChI=1S/C15H20N2O2/c1-10(2)16(11(3)4)9-17-14(18)12-7-5-6-8-13(12)15(17)19/h5-8,10-11H,9H2,1-4H3. The van der Waals surface area contributed by atoms with E-state index in [1.807, 2.05) is 0 Å². The van der Waals surface area contributed by atoms with Crippen LogP contribution in [0.3, 0.4) is 0 Å². The Morgan fingerprint density at radius 2 is 1.37 bits per heavy atom. The quantitative estimate of drug-likeness (QED) is 0.780. The molecule has 0 spiro atoms. The lowest BCUT2D eigenvalue weighted by atomic mass is 10.1. The van der Waals surface area contributed by atoms with E-state index in [2.05, 4.69) is 32.6 Å². The Kier molecular flexibility index (Phi) is 3.71. The van der Waals surface area contributed by atoms with Gasteiger partial charge in [-0.15, -0.1) is 0 Å². The van der Waals surface area contributed by atoms with Crippen molar-refractivity contribution in [1.82, 2.24) is 9.80 Å². The number of amides is 2. The highest BCUT2D eigenvalue weighted by atomic mass is 16.2. The maximum Gasteiger partial charge on any atom is 0.262 e. The first-order valence-electron chi connectivity index (χ1n) is 6.64. The van der Waals surface area contributed by atoms with Crippen LogP contribution in [0.15, 0.2) is 24.3 Å². The Balaban J connectivity index is 2.25. The fraction of sp³-hybridized carbons (Fsp3) is 0.467. The molecule has 1 aliphatic rings. The largest absolute Gasteiger partial charge is 0.281 e. The zero-order valence-electron chi connectivity index (χ0n) is 11.9. The van der Waals surface area contributed by atoms with E-state index in [0.29, 0.717) is 17.8 Å². The SMILES string of the molecule is CC(C)N(CN1C(=O)c2ccccc2C1=O)C(C)C. The van der Waals surface area contributed by atoms with Gasteiger partial charge in [-0.1, -0.05) is 12.1 Å². The van der Waals surface area contributed by atoms with E-state index in [1.54, 1.807) is 24.3 Å². The van der Waals surface area contributed by atoms with Gasteiger partial charge < -0.3 is 0 Å². The highest BCUT2D eigenvalue weighted by Crippen LogP contribution is 2.23. The molecule has 0 N–H and O–H groups in total. The minimum atomic E-state index is -0.188. The minimum Gasteiger partial charge on any atom is -0.281 e. The molecule has 4 nitrogen and oxygen atoms in total. The molecule has 0 aliphatic carbocycles. The summed E-state index contributed by atoms with van der Waals surface area (Å²) in [5.41, 5.74) is 1.03. The molecule has 0 fully saturated rings. The molecule has 2 rings (SSSR count). The van der Waals surface area contributed by atoms with E-state index in [4.69, 9.17) is 0 Å². The second kappa shape index (κ2) is 5.13. The number of fused-ring (bicyclic) bond motifs is 1. The average molecular weight is 260 g/mol. The van der Waals surface area contributed by atoms with Crippen LogP contribution in [0.25, 0.3) is 0 Å². The normalized spacial score (nSPS) is 15.0. The van der Waals surface area contributed by atoms with Crippen molar-refractivity contribution in [2.24, 2.45) is 0 Å². The second-order valence-corrected chi connectivity index (χ2v) is 5.43. The molecule has 2 amide bonds. The number of carbonyl (C=O) groups is 2. The van der Waals surface area contributed by atoms with Gasteiger partial charge >= 0.3 is 0 Å². The van der Waals surface area contributed by atoms with Gasteiger partial charge in [0.1, 0.15) is 0 Å². The molecule has 0 bridgehead atoms. The lowest BCUT2D eigenvalue weighted by Gasteiger charge is -2.33. The maximum atomic E-state index is 12.3. The minimum absolute atomic E-state index is 0.188. The van der Waals surface area contributed by atoms with Crippen molar-refractivity contribution >= 4 is 11.8 Å². The third kappa shape index (κ3) is 2.40. The lowest BCUT2D eigenvalue weighted by Crippen LogP contribution is -2.47. The monoisotopic (exact) mass is 260 g/mol. The number of hydrogen-bond acceptors (Lipinski definition) is 3. The number of hydrogen-bond donors (Lipinski definition) is 0. The zero-order chi connectivity index (χ0) is 14.2. The van der Waals surface area contributed by atoms with E-state index in [0.717, 1.165) is 0 Å². The Bertz CT molecular complexity index is 466. The number of benzene rings is 1. The molecule has 0 unspecified atom stereocenters. The van der Waals surface area contributed by atoms with Gasteiger partial charge in [-0.2, -0.15) is 0 Å². The Hall–Kier alpha value is -1.68. The molecule has 0 saturated heterocycles. The van der Waals surface area contributed by atoms with Crippen LogP contribution < -0.4 is 0 Å². The molecule has 1 heterocycles. The van der Waals surface area contributed by atoms with Crippen molar-refractivity contribution in [3.8, 4) is 0 Å². The third-order valence-corrected chi connectivity index (χ3v) is 3.51. The summed E-state index contributed by atoms with van der Waals surface area (Å²) >= 11 is 0. The van der Waals surface area contributed by atoms with Crippen LogP contribution in [0.2, 0.25) is 0 Å². The second-order valence-electron chi connectivity index (χ2n) is 5.43. The molecule has 1 aromatic carbocycles. The summed E-state index contributed by atoms with van der Waals surface area (Å²) in [6.07, 6.45) is 0. The van der Waals surface area contributed by atoms with Crippen LogP contribution in [0.4, 0.5) is 0 Å². The van der Waals surface area contributed by atoms with Gasteiger partial charge in [0.2, 0.25) is 0 Å². The average Bonchev–Trinajstić information content (AvgIpc) is 2.59. The summed E-state index contributed by atoms with van der Waals surface area (Å²) < 4.78 is 0. The summed E-state index contributed by atoms with van der Waals surface area (Å²) in [4.78, 5) is 28.0. The number of rotatable bonds is 4. The van der Waals surface area contributed by atoms with E-state index >= 15 is 0 Å². The van der Waals surface area contributed by atoms with Gasteiger partial charge in [-0.3, -0.25) is 19.4 Å². The van der Waals surface area contributed by atoms with Crippen molar-refractivity contribution in [2.75, 3.05) is 6.67 Å². The molecule has 0 radical (unpaired) electrons. The van der Waals surface area contributed by atoms with Crippen LogP contribution in [0, 0.1) is 0 Å². The highest BCUT2D eigenvalue weighted by molar-refractivity contribution is 6.21. The maximum absolute atomic E-state index is 12.3. The first-order chi connectivity index (χ1) is 8.93. The molecule has 0 aromatic heterocycles. The number of nitrogens with zero attached hydrogens (tertiary/aromatic N) is 2. The van der Waals surface area contributed by atoms with E-state index < -0.39 is 0 Å². The van der Waals surface area contributed by atoms with Crippen molar-refractivity contribution < 1.29 is 9.59 Å². The summed E-state index contributed by atoms with van der Waals surface area (Å²) in [6.45, 7) is 8.62. The summed E-state index contributed by atoms with van der Waals surface area (Å²) in [5, 5.41) is 0. The van der Waals surface area contributed by atoms with Gasteiger partial charge in [0.25, 0.3) is 11.8 Å². The molecular formula is C15H20N2O2. The van der Waals surface area contributed by atoms with Crippen molar-refractivity contribution in [2.45, 2.75) is 39.8 Å². The van der Waals surface area contributed by atoms with Crippen molar-refractivity contribution in [3.63, 3.8) is 0 Å². The van der Waals surface area contributed by atoms with Gasteiger partial charge in [0, 0.05) is 12.1 Å². The fourth-order valence-corrected chi connectivity index (χ4v) is 2.45. The molecule has 1 aliphatic heterocycles. The molecule has 19 heavy (non-hydrogen) atoms. The van der Waals surface area contributed by atoms with Crippen LogP contribution in [-0.2, 0) is 0 Å². The van der Waals surface area contributed by atoms with Crippen LogP contribution in [0.5, 0.6) is 0 Å². The Morgan fingerprint density at radius 3 is 1.74 bits per heavy atom. The smallest absolute Gasteiger partial charge is 0.262 e. The zero-order valence-corrected chi connectivity index (χ0v) is 11.9. The van der Waals surface area contributed by atoms with Gasteiger partial charge in [0.05, 0.1) is 17.8 Å². The number of imide groups is 1. The molecule has 4 heteroatoms. The van der Waals surface area contributed by atoms with Crippen molar-refractivity contribution in [3.05, 3.63) is 35.4 Å². The summed E-state index contributed by atoms with van der Waals surface area (Å²) in [6, 6.07) is 7.57. The van der Waals surface area contributed by atoms with E-state index in [-0.39, 0.29) is 23.9 Å². The molecule has 0 saturated carbocycles. The topological polar surface area (TPSA) is 40.6 Å². The third-order valence-electron chi connectivity index (χ3n) is 3.51. The molecule has 102 valence electrons. The summed E-state index contributed by atoms with van der Waals surface area (Å²) in [7, 11) is 0. The van der Waals surface area contributed by atoms with Gasteiger partial charge in [-0.25, -0.2) is 0 Å². The van der Waals surface area contributed by atoms with E-state index in [9.17, 15) is 9.59 Å². The lowest BCUT2D eigenvalue weighted by molar-refractivity contribution is 0.0450. The Morgan fingerprint density at radius 1 is 0.947 bits per heavy atom. The molecule has 1 aromatic rings. The van der Waals surface area contributed by atoms with Gasteiger partial charge in [-0.05, 0) is 39.8 Å². The van der Waals surface area contributed by atoms with E-state index in [1.165, 1.54) is 4.90 Å². The summed E-state index contributed by atoms with van der Waals surface area (Å²) in [5.74, 6) is -0.376. The Labute approximate surface area is 114 Å². The first-order valence-corrected chi connectivity index (χ1v) is 6.64. The molecule has 0 atom stereocenters. The van der Waals surface area contributed by atoms with Crippen LogP contribution in [0.1, 0.15) is 48.4 Å². The van der Waals surface area contributed by atoms with Crippen LogP contribution >= 0.6 is 0 Å². The predicted molar refractivity (Wildman–Crippen MR) is 73.9 cm³/mol. The van der Waals surface area contributed by atoms with Crippen LogP contribution in [-0.4, -0.2) is 40.4 Å². The highest BCUT2D eigenvalue weighted by Gasteiger charge is 2.36. The first kappa shape index (κ1) is 13.7. The van der Waals surface area contributed by atoms with Crippen molar-refractivity contribution in [1.29, 1.82) is 0 Å². The van der Waals surface area contributed by atoms with Gasteiger partial charge in [0.15, 0.2) is 0 Å². The number of carbonyl (C=O) groups excluding carboxylic acids is 2. The molecular weight excluding hydrogens is 240 g/mol.